The molecule has 3 aromatic rings. The summed E-state index contributed by atoms with van der Waals surface area (Å²) in [5, 5.41) is 3.94. The molecule has 1 unspecified atom stereocenters. The van der Waals surface area contributed by atoms with Crippen molar-refractivity contribution >= 4 is 22.9 Å². The Hall–Kier alpha value is -3.02. The zero-order valence-corrected chi connectivity index (χ0v) is 15.4. The van der Waals surface area contributed by atoms with E-state index in [1.54, 1.807) is 24.0 Å². The van der Waals surface area contributed by atoms with Crippen LogP contribution < -0.4 is 15.6 Å². The number of anilines is 1. The molecule has 0 saturated carbocycles. The third-order valence-corrected chi connectivity index (χ3v) is 4.51. The number of aromatic nitrogens is 2. The zero-order valence-electron chi connectivity index (χ0n) is 15.4. The van der Waals surface area contributed by atoms with Gasteiger partial charge in [0.05, 0.1) is 5.69 Å². The van der Waals surface area contributed by atoms with Crippen molar-refractivity contribution in [2.24, 2.45) is 13.0 Å². The number of H-pyrrole nitrogens is 1. The number of aldehydes is 1. The van der Waals surface area contributed by atoms with Gasteiger partial charge < -0.3 is 19.6 Å². The van der Waals surface area contributed by atoms with Crippen LogP contribution in [0.3, 0.4) is 0 Å². The average Bonchev–Trinajstić information content (AvgIpc) is 3.12. The highest BCUT2D eigenvalue weighted by atomic mass is 16.5. The molecule has 1 aromatic carbocycles. The topological polar surface area (TPSA) is 76.1 Å². The second kappa shape index (κ2) is 7.07. The summed E-state index contributed by atoms with van der Waals surface area (Å²) in [6.45, 7) is 3.88. The second-order valence-corrected chi connectivity index (χ2v) is 6.62. The first-order chi connectivity index (χ1) is 12.5. The summed E-state index contributed by atoms with van der Waals surface area (Å²) < 4.78 is 7.65. The number of aromatic amines is 1. The van der Waals surface area contributed by atoms with Crippen molar-refractivity contribution in [1.82, 2.24) is 9.55 Å². The normalized spacial score (nSPS) is 12.3. The van der Waals surface area contributed by atoms with E-state index in [0.29, 0.717) is 11.3 Å². The number of pyridine rings is 1. The molecule has 0 aliphatic heterocycles. The molecule has 6 heteroatoms. The first kappa shape index (κ1) is 17.8. The number of benzene rings is 1. The molecular weight excluding hydrogens is 330 g/mol. The Kier molecular flexibility index (Phi) is 4.84. The summed E-state index contributed by atoms with van der Waals surface area (Å²) in [5.74, 6) is 0.639. The van der Waals surface area contributed by atoms with E-state index in [1.807, 2.05) is 45.2 Å². The van der Waals surface area contributed by atoms with Crippen molar-refractivity contribution in [3.05, 3.63) is 47.0 Å². The number of hydrogen-bond acceptors (Lipinski definition) is 4. The Bertz CT molecular complexity index is 1000. The van der Waals surface area contributed by atoms with Crippen LogP contribution in [0.25, 0.3) is 22.0 Å². The third kappa shape index (κ3) is 2.98. The van der Waals surface area contributed by atoms with Crippen molar-refractivity contribution in [3.8, 4) is 16.9 Å². The quantitative estimate of drug-likeness (QED) is 0.668. The lowest BCUT2D eigenvalue weighted by Gasteiger charge is -2.22. The predicted octanol–water partition coefficient (Wildman–Crippen LogP) is 3.18. The van der Waals surface area contributed by atoms with Gasteiger partial charge in [-0.2, -0.15) is 0 Å². The van der Waals surface area contributed by atoms with E-state index in [-0.39, 0.29) is 11.5 Å². The van der Waals surface area contributed by atoms with Crippen LogP contribution in [0, 0.1) is 5.92 Å². The number of ether oxygens (including phenoxy) is 1. The number of para-hydroxylation sites is 1. The number of hydrogen-bond donors (Lipinski definition) is 2. The first-order valence-corrected chi connectivity index (χ1v) is 8.57. The molecule has 1 atom stereocenters. The maximum Gasteiger partial charge on any atom is 0.274 e. The van der Waals surface area contributed by atoms with Gasteiger partial charge in [0.2, 0.25) is 0 Å². The van der Waals surface area contributed by atoms with E-state index >= 15 is 0 Å². The minimum absolute atomic E-state index is 0.0395. The Morgan fingerprint density at radius 3 is 2.65 bits per heavy atom. The van der Waals surface area contributed by atoms with Crippen molar-refractivity contribution in [2.45, 2.75) is 20.0 Å². The lowest BCUT2D eigenvalue weighted by Crippen LogP contribution is -2.25. The highest BCUT2D eigenvalue weighted by molar-refractivity contribution is 5.97. The molecule has 3 rings (SSSR count). The number of carbonyl (C=O) groups excluding carboxylic acids is 1. The van der Waals surface area contributed by atoms with Gasteiger partial charge in [-0.15, -0.1) is 0 Å². The summed E-state index contributed by atoms with van der Waals surface area (Å²) in [4.78, 5) is 26.8. The molecule has 26 heavy (non-hydrogen) atoms. The van der Waals surface area contributed by atoms with Gasteiger partial charge in [-0.1, -0.05) is 26.0 Å². The lowest BCUT2D eigenvalue weighted by molar-refractivity contribution is -0.115. The van der Waals surface area contributed by atoms with Crippen LogP contribution in [0.5, 0.6) is 5.75 Å². The van der Waals surface area contributed by atoms with E-state index in [0.717, 1.165) is 28.5 Å². The van der Waals surface area contributed by atoms with Crippen molar-refractivity contribution < 1.29 is 9.53 Å². The lowest BCUT2D eigenvalue weighted by atomic mass is 10.0. The molecule has 0 saturated heterocycles. The molecule has 136 valence electrons. The van der Waals surface area contributed by atoms with Gasteiger partial charge >= 0.3 is 0 Å². The van der Waals surface area contributed by atoms with Crippen LogP contribution in [-0.2, 0) is 11.8 Å². The molecule has 6 nitrogen and oxygen atoms in total. The third-order valence-electron chi connectivity index (χ3n) is 4.51. The number of fused-ring (bicyclic) bond motifs is 1. The number of aryl methyl sites for hydroxylation is 1. The van der Waals surface area contributed by atoms with Gasteiger partial charge in [0, 0.05) is 43.0 Å². The predicted molar refractivity (Wildman–Crippen MR) is 104 cm³/mol. The van der Waals surface area contributed by atoms with Gasteiger partial charge in [-0.05, 0) is 18.1 Å². The maximum absolute atomic E-state index is 12.3. The molecule has 0 spiro atoms. The summed E-state index contributed by atoms with van der Waals surface area (Å²) in [6, 6.07) is 7.63. The Balaban J connectivity index is 2.26. The fourth-order valence-corrected chi connectivity index (χ4v) is 3.01. The highest BCUT2D eigenvalue weighted by Crippen LogP contribution is 2.39. The molecular formula is C20H23N3O3. The smallest absolute Gasteiger partial charge is 0.274 e. The van der Waals surface area contributed by atoms with E-state index in [9.17, 15) is 9.59 Å². The number of carbonyl (C=O) groups is 1. The molecule has 0 fully saturated rings. The summed E-state index contributed by atoms with van der Waals surface area (Å²) in [7, 11) is 3.53. The summed E-state index contributed by atoms with van der Waals surface area (Å²) in [6.07, 6.45) is 3.82. The number of nitrogens with one attached hydrogen (secondary N) is 2. The fourth-order valence-electron chi connectivity index (χ4n) is 3.01. The Morgan fingerprint density at radius 1 is 1.23 bits per heavy atom. The molecule has 2 aromatic heterocycles. The maximum atomic E-state index is 12.3. The van der Waals surface area contributed by atoms with Crippen molar-refractivity contribution in [1.29, 1.82) is 0 Å². The first-order valence-electron chi connectivity index (χ1n) is 8.57. The van der Waals surface area contributed by atoms with E-state index < -0.39 is 6.10 Å². The fraction of sp³-hybridized carbons (Fsp3) is 0.300. The molecule has 2 N–H and O–H groups in total. The van der Waals surface area contributed by atoms with E-state index in [2.05, 4.69) is 10.3 Å². The van der Waals surface area contributed by atoms with Crippen LogP contribution in [0.15, 0.2) is 41.5 Å². The molecule has 0 bridgehead atoms. The molecule has 0 aliphatic carbocycles. The molecule has 0 radical (unpaired) electrons. The van der Waals surface area contributed by atoms with Crippen LogP contribution in [0.1, 0.15) is 13.8 Å². The van der Waals surface area contributed by atoms with Crippen LogP contribution in [0.4, 0.5) is 5.69 Å². The highest BCUT2D eigenvalue weighted by Gasteiger charge is 2.21. The van der Waals surface area contributed by atoms with E-state index in [1.165, 1.54) is 0 Å². The number of rotatable bonds is 6. The SMILES string of the molecule is CNc1cccc(-c2cn(C)c(=O)c3[nH]ccc23)c1OC(C=O)C(C)C. The van der Waals surface area contributed by atoms with Crippen molar-refractivity contribution in [2.75, 3.05) is 12.4 Å². The van der Waals surface area contributed by atoms with Gasteiger partial charge in [-0.3, -0.25) is 9.59 Å². The summed E-state index contributed by atoms with van der Waals surface area (Å²) >= 11 is 0. The van der Waals surface area contributed by atoms with Crippen molar-refractivity contribution in [3.63, 3.8) is 0 Å². The van der Waals surface area contributed by atoms with Crippen LogP contribution >= 0.6 is 0 Å². The Morgan fingerprint density at radius 2 is 2.00 bits per heavy atom. The summed E-state index contributed by atoms with van der Waals surface area (Å²) in [5.41, 5.74) is 2.93. The molecule has 2 heterocycles. The van der Waals surface area contributed by atoms with Gasteiger partial charge in [-0.25, -0.2) is 0 Å². The molecule has 0 amide bonds. The number of nitrogens with zero attached hydrogens (tertiary/aromatic N) is 1. The minimum Gasteiger partial charge on any atom is -0.480 e. The Labute approximate surface area is 151 Å². The minimum atomic E-state index is -0.558. The van der Waals surface area contributed by atoms with Gasteiger partial charge in [0.1, 0.15) is 5.52 Å². The van der Waals surface area contributed by atoms with Gasteiger partial charge in [0.25, 0.3) is 5.56 Å². The second-order valence-electron chi connectivity index (χ2n) is 6.62. The largest absolute Gasteiger partial charge is 0.480 e. The standard InChI is InChI=1S/C20H23N3O3/c1-12(2)17(11-24)26-19-14(6-5-7-16(19)21-3)15-10-23(4)20(25)18-13(15)8-9-22-18/h5-12,17,21-22H,1-4H3. The monoisotopic (exact) mass is 353 g/mol. The van der Waals surface area contributed by atoms with Gasteiger partial charge in [0.15, 0.2) is 18.1 Å². The average molecular weight is 353 g/mol. The van der Waals surface area contributed by atoms with E-state index in [4.69, 9.17) is 4.74 Å². The zero-order chi connectivity index (χ0) is 18.8. The molecule has 0 aliphatic rings. The van der Waals surface area contributed by atoms with Crippen LogP contribution in [0.2, 0.25) is 0 Å². The van der Waals surface area contributed by atoms with Crippen LogP contribution in [-0.4, -0.2) is 29.0 Å².